The van der Waals surface area contributed by atoms with Crippen molar-refractivity contribution in [3.8, 4) is 0 Å². The summed E-state index contributed by atoms with van der Waals surface area (Å²) in [5.74, 6) is 0. The van der Waals surface area contributed by atoms with E-state index in [2.05, 4.69) is 55.6 Å². The second kappa shape index (κ2) is 8.88. The second-order valence-corrected chi connectivity index (χ2v) is 13.6. The molecule has 0 aliphatic heterocycles. The average molecular weight is 558 g/mol. The minimum absolute atomic E-state index is 0.389. The van der Waals surface area contributed by atoms with Gasteiger partial charge < -0.3 is 0 Å². The number of benzene rings is 3. The van der Waals surface area contributed by atoms with Crippen molar-refractivity contribution in [3.05, 3.63) is 74.1 Å². The van der Waals surface area contributed by atoms with Gasteiger partial charge >= 0.3 is 0 Å². The third-order valence-corrected chi connectivity index (χ3v) is 11.6. The maximum Gasteiger partial charge on any atom is 0.235 e. The Morgan fingerprint density at radius 2 is 1.35 bits per heavy atom. The first-order valence-corrected chi connectivity index (χ1v) is 15.9. The number of thiophene rings is 4. The van der Waals surface area contributed by atoms with E-state index in [0.29, 0.717) is 0 Å². The molecule has 0 aliphatic carbocycles. The highest BCUT2D eigenvalue weighted by molar-refractivity contribution is 7.29. The number of aryl methyl sites for hydroxylation is 2. The number of fused-ring (bicyclic) bond motifs is 11. The summed E-state index contributed by atoms with van der Waals surface area (Å²) in [6.07, 6.45) is 7.10. The Labute approximate surface area is 229 Å². The molecule has 7 heteroatoms. The molecule has 0 atom stereocenters. The molecule has 0 bridgehead atoms. The number of nitro groups is 1. The van der Waals surface area contributed by atoms with Crippen LogP contribution in [0.5, 0.6) is 0 Å². The van der Waals surface area contributed by atoms with Gasteiger partial charge in [0.1, 0.15) is 0 Å². The highest BCUT2D eigenvalue weighted by Gasteiger charge is 2.24. The van der Waals surface area contributed by atoms with Crippen LogP contribution in [0.1, 0.15) is 42.7 Å². The standard InChI is InChI=1S/C30H23NO2S4/c1-3-5-17-18(6-4-2)30-28(27-25-19-12-14-34-21(19)7-9-23(25)36-29(17)27)26-20-15-16(11-13-31(32)33)35-22(20)8-10-24(26)37-30/h7-15H,3-6H2,1-2H3/b13-11+. The largest absolute Gasteiger partial charge is 0.259 e. The van der Waals surface area contributed by atoms with Gasteiger partial charge in [-0.1, -0.05) is 26.7 Å². The maximum absolute atomic E-state index is 11.0. The minimum atomic E-state index is -0.389. The van der Waals surface area contributed by atoms with Crippen LogP contribution in [0.15, 0.2) is 48.0 Å². The zero-order valence-electron chi connectivity index (χ0n) is 20.4. The molecule has 0 aliphatic rings. The number of nitrogens with zero attached hydrogens (tertiary/aromatic N) is 1. The van der Waals surface area contributed by atoms with E-state index in [1.807, 2.05) is 34.0 Å². The SMILES string of the molecule is CCCc1c(CCC)c2sc3ccc4sc(/C=C/[N+](=O)[O-])cc4c3c2c2c1sc1ccc3sccc3c12. The quantitative estimate of drug-likeness (QED) is 0.151. The van der Waals surface area contributed by atoms with Crippen molar-refractivity contribution in [2.24, 2.45) is 0 Å². The third-order valence-electron chi connectivity index (χ3n) is 7.18. The molecule has 7 aromatic rings. The Bertz CT molecular complexity index is 2050. The molecule has 4 heterocycles. The number of hydrogen-bond donors (Lipinski definition) is 0. The third kappa shape index (κ3) is 3.48. The van der Waals surface area contributed by atoms with E-state index in [1.165, 1.54) is 66.1 Å². The molecule has 0 spiro atoms. The fourth-order valence-electron chi connectivity index (χ4n) is 5.79. The van der Waals surface area contributed by atoms with Crippen LogP contribution in [0, 0.1) is 10.1 Å². The summed E-state index contributed by atoms with van der Waals surface area (Å²) >= 11 is 7.33. The molecular formula is C30H23NO2S4. The lowest BCUT2D eigenvalue weighted by Crippen LogP contribution is -1.95. The van der Waals surface area contributed by atoms with Crippen molar-refractivity contribution in [3.63, 3.8) is 0 Å². The highest BCUT2D eigenvalue weighted by atomic mass is 32.1. The van der Waals surface area contributed by atoms with Crippen LogP contribution < -0.4 is 0 Å². The Balaban J connectivity index is 1.74. The van der Waals surface area contributed by atoms with Gasteiger partial charge in [0.2, 0.25) is 6.20 Å². The lowest BCUT2D eigenvalue weighted by molar-refractivity contribution is -0.400. The summed E-state index contributed by atoms with van der Waals surface area (Å²) in [5, 5.41) is 21.2. The van der Waals surface area contributed by atoms with E-state index in [4.69, 9.17) is 0 Å². The van der Waals surface area contributed by atoms with Crippen LogP contribution >= 0.6 is 45.3 Å². The van der Waals surface area contributed by atoms with Crippen LogP contribution in [0.4, 0.5) is 0 Å². The zero-order chi connectivity index (χ0) is 25.3. The predicted molar refractivity (Wildman–Crippen MR) is 167 cm³/mol. The van der Waals surface area contributed by atoms with Crippen molar-refractivity contribution in [1.82, 2.24) is 0 Å². The summed E-state index contributed by atoms with van der Waals surface area (Å²) in [5.41, 5.74) is 3.07. The van der Waals surface area contributed by atoms with Crippen LogP contribution in [0.3, 0.4) is 0 Å². The van der Waals surface area contributed by atoms with E-state index >= 15 is 0 Å². The van der Waals surface area contributed by atoms with E-state index in [1.54, 1.807) is 23.0 Å². The number of hydrogen-bond acceptors (Lipinski definition) is 6. The topological polar surface area (TPSA) is 43.1 Å². The molecule has 0 radical (unpaired) electrons. The molecule has 37 heavy (non-hydrogen) atoms. The molecule has 0 saturated heterocycles. The Hall–Kier alpha value is -2.84. The van der Waals surface area contributed by atoms with Gasteiger partial charge in [-0.3, -0.25) is 10.1 Å². The van der Waals surface area contributed by atoms with Gasteiger partial charge in [-0.25, -0.2) is 0 Å². The Morgan fingerprint density at radius 1 is 0.757 bits per heavy atom. The average Bonchev–Trinajstić information content (AvgIpc) is 3.65. The van der Waals surface area contributed by atoms with Gasteiger partial charge in [-0.15, -0.1) is 45.3 Å². The van der Waals surface area contributed by atoms with Crippen molar-refractivity contribution in [2.45, 2.75) is 39.5 Å². The van der Waals surface area contributed by atoms with E-state index in [9.17, 15) is 10.1 Å². The van der Waals surface area contributed by atoms with Crippen LogP contribution in [-0.4, -0.2) is 4.92 Å². The van der Waals surface area contributed by atoms with Crippen molar-refractivity contribution >= 4 is 112 Å². The molecule has 184 valence electrons. The van der Waals surface area contributed by atoms with Crippen LogP contribution in [-0.2, 0) is 12.8 Å². The lowest BCUT2D eigenvalue weighted by Gasteiger charge is -2.13. The highest BCUT2D eigenvalue weighted by Crippen LogP contribution is 2.52. The first-order chi connectivity index (χ1) is 18.1. The summed E-state index contributed by atoms with van der Waals surface area (Å²) in [6, 6.07) is 13.5. The first-order valence-electron chi connectivity index (χ1n) is 12.6. The van der Waals surface area contributed by atoms with Crippen LogP contribution in [0.2, 0.25) is 0 Å². The molecule has 0 N–H and O–H groups in total. The van der Waals surface area contributed by atoms with E-state index < -0.39 is 0 Å². The normalized spacial score (nSPS) is 12.6. The fraction of sp³-hybridized carbons (Fsp3) is 0.200. The molecule has 4 aromatic heterocycles. The van der Waals surface area contributed by atoms with Crippen molar-refractivity contribution in [1.29, 1.82) is 0 Å². The monoisotopic (exact) mass is 557 g/mol. The maximum atomic E-state index is 11.0. The molecule has 0 unspecified atom stereocenters. The molecule has 3 nitrogen and oxygen atoms in total. The molecule has 0 amide bonds. The fourth-order valence-corrected chi connectivity index (χ4v) is 10.2. The zero-order valence-corrected chi connectivity index (χ0v) is 23.7. The lowest BCUT2D eigenvalue weighted by atomic mass is 9.92. The summed E-state index contributed by atoms with van der Waals surface area (Å²) in [6.45, 7) is 4.57. The molecule has 0 fully saturated rings. The molecule has 0 saturated carbocycles. The number of rotatable bonds is 6. The summed E-state index contributed by atoms with van der Waals surface area (Å²) in [7, 11) is 0. The molecule has 3 aromatic carbocycles. The second-order valence-electron chi connectivity index (χ2n) is 9.44. The molecule has 7 rings (SSSR count). The van der Waals surface area contributed by atoms with Gasteiger partial charge in [0.05, 0.1) is 4.92 Å². The first kappa shape index (κ1) is 23.3. The van der Waals surface area contributed by atoms with Gasteiger partial charge in [-0.05, 0) is 65.7 Å². The van der Waals surface area contributed by atoms with Gasteiger partial charge in [0, 0.05) is 71.5 Å². The Morgan fingerprint density at radius 3 is 1.97 bits per heavy atom. The smallest absolute Gasteiger partial charge is 0.235 e. The van der Waals surface area contributed by atoms with E-state index in [0.717, 1.165) is 36.8 Å². The summed E-state index contributed by atoms with van der Waals surface area (Å²) in [4.78, 5) is 11.5. The van der Waals surface area contributed by atoms with E-state index in [-0.39, 0.29) is 4.92 Å². The minimum Gasteiger partial charge on any atom is -0.259 e. The summed E-state index contributed by atoms with van der Waals surface area (Å²) < 4.78 is 8.06. The van der Waals surface area contributed by atoms with Gasteiger partial charge in [-0.2, -0.15) is 0 Å². The Kier molecular flexibility index (Phi) is 5.59. The van der Waals surface area contributed by atoms with Gasteiger partial charge in [0.25, 0.3) is 0 Å². The van der Waals surface area contributed by atoms with Crippen LogP contribution in [0.25, 0.3) is 66.6 Å². The van der Waals surface area contributed by atoms with Crippen molar-refractivity contribution in [2.75, 3.05) is 0 Å². The molecular weight excluding hydrogens is 535 g/mol. The van der Waals surface area contributed by atoms with Gasteiger partial charge in [0.15, 0.2) is 0 Å². The van der Waals surface area contributed by atoms with Crippen molar-refractivity contribution < 1.29 is 4.92 Å². The predicted octanol–water partition coefficient (Wildman–Crippen LogP) is 11.0.